The SMILES string of the molecule is CC(=O)c1c(C)[nH]c(C(=O)[C@H](C)Sc2nnc(-c3cccnc3)n2C2CC2)c1C. The summed E-state index contributed by atoms with van der Waals surface area (Å²) in [6.45, 7) is 7.03. The predicted octanol–water partition coefficient (Wildman–Crippen LogP) is 4.19. The van der Waals surface area contributed by atoms with Crippen molar-refractivity contribution in [1.29, 1.82) is 0 Å². The number of Topliss-reactive ketones (excluding diaryl/α,β-unsaturated/α-hetero) is 2. The van der Waals surface area contributed by atoms with Gasteiger partial charge in [-0.3, -0.25) is 19.1 Å². The van der Waals surface area contributed by atoms with E-state index in [1.165, 1.54) is 18.7 Å². The van der Waals surface area contributed by atoms with Gasteiger partial charge in [0, 0.05) is 35.3 Å². The number of H-pyrrole nitrogens is 1. The van der Waals surface area contributed by atoms with Crippen molar-refractivity contribution in [3.05, 3.63) is 47.0 Å². The van der Waals surface area contributed by atoms with E-state index in [0.29, 0.717) is 22.9 Å². The van der Waals surface area contributed by atoms with Gasteiger partial charge >= 0.3 is 0 Å². The third kappa shape index (κ3) is 3.64. The molecule has 0 radical (unpaired) electrons. The lowest BCUT2D eigenvalue weighted by Crippen LogP contribution is -2.16. The highest BCUT2D eigenvalue weighted by Gasteiger charge is 2.32. The van der Waals surface area contributed by atoms with Gasteiger partial charge in [-0.15, -0.1) is 10.2 Å². The van der Waals surface area contributed by atoms with Gasteiger partial charge in [0.25, 0.3) is 0 Å². The molecule has 1 fully saturated rings. The summed E-state index contributed by atoms with van der Waals surface area (Å²) in [5.74, 6) is 0.704. The highest BCUT2D eigenvalue weighted by atomic mass is 32.2. The fourth-order valence-electron chi connectivity index (χ4n) is 3.65. The van der Waals surface area contributed by atoms with E-state index in [0.717, 1.165) is 35.1 Å². The van der Waals surface area contributed by atoms with Gasteiger partial charge in [-0.2, -0.15) is 0 Å². The zero-order valence-electron chi connectivity index (χ0n) is 16.9. The molecule has 0 aromatic carbocycles. The number of pyridine rings is 1. The van der Waals surface area contributed by atoms with Gasteiger partial charge in [0.1, 0.15) is 0 Å². The zero-order valence-corrected chi connectivity index (χ0v) is 17.7. The molecule has 1 atom stereocenters. The number of thioether (sulfide) groups is 1. The summed E-state index contributed by atoms with van der Waals surface area (Å²) in [5, 5.41) is 9.13. The van der Waals surface area contributed by atoms with E-state index in [1.54, 1.807) is 12.4 Å². The number of aromatic amines is 1. The Hall–Kier alpha value is -2.74. The summed E-state index contributed by atoms with van der Waals surface area (Å²) >= 11 is 1.40. The van der Waals surface area contributed by atoms with Gasteiger partial charge in [0.05, 0.1) is 10.9 Å². The summed E-state index contributed by atoms with van der Waals surface area (Å²) in [7, 11) is 0. The Morgan fingerprint density at radius 2 is 2.03 bits per heavy atom. The normalized spacial score (nSPS) is 14.8. The molecule has 0 unspecified atom stereocenters. The van der Waals surface area contributed by atoms with Crippen LogP contribution >= 0.6 is 11.8 Å². The quantitative estimate of drug-likeness (QED) is 0.465. The Morgan fingerprint density at radius 1 is 1.28 bits per heavy atom. The van der Waals surface area contributed by atoms with Crippen LogP contribution in [0.25, 0.3) is 11.4 Å². The molecular weight excluding hydrogens is 386 g/mol. The van der Waals surface area contributed by atoms with Crippen molar-refractivity contribution < 1.29 is 9.59 Å². The molecule has 0 spiro atoms. The Morgan fingerprint density at radius 3 is 2.62 bits per heavy atom. The number of ketones is 2. The second-order valence-electron chi connectivity index (χ2n) is 7.45. The van der Waals surface area contributed by atoms with E-state index in [4.69, 9.17) is 0 Å². The van der Waals surface area contributed by atoms with E-state index < -0.39 is 0 Å². The molecule has 0 bridgehead atoms. The highest BCUT2D eigenvalue weighted by Crippen LogP contribution is 2.42. The minimum Gasteiger partial charge on any atom is -0.355 e. The van der Waals surface area contributed by atoms with E-state index in [9.17, 15) is 9.59 Å². The fraction of sp³-hybridized carbons (Fsp3) is 0.381. The van der Waals surface area contributed by atoms with Gasteiger partial charge in [-0.25, -0.2) is 0 Å². The number of rotatable bonds is 7. The van der Waals surface area contributed by atoms with Crippen LogP contribution in [0.4, 0.5) is 0 Å². The zero-order chi connectivity index (χ0) is 20.7. The first kappa shape index (κ1) is 19.6. The molecule has 0 aliphatic heterocycles. The molecule has 1 saturated carbocycles. The predicted molar refractivity (Wildman–Crippen MR) is 111 cm³/mol. The van der Waals surface area contributed by atoms with E-state index in [-0.39, 0.29) is 16.8 Å². The summed E-state index contributed by atoms with van der Waals surface area (Å²) in [4.78, 5) is 32.3. The third-order valence-corrected chi connectivity index (χ3v) is 6.24. The summed E-state index contributed by atoms with van der Waals surface area (Å²) in [5.41, 5.74) is 3.46. The molecule has 150 valence electrons. The van der Waals surface area contributed by atoms with Crippen molar-refractivity contribution in [1.82, 2.24) is 24.7 Å². The summed E-state index contributed by atoms with van der Waals surface area (Å²) < 4.78 is 2.12. The minimum atomic E-state index is -0.366. The maximum atomic E-state index is 13.1. The Labute approximate surface area is 173 Å². The molecule has 3 aromatic heterocycles. The highest BCUT2D eigenvalue weighted by molar-refractivity contribution is 8.00. The maximum Gasteiger partial charge on any atom is 0.192 e. The summed E-state index contributed by atoms with van der Waals surface area (Å²) in [6.07, 6.45) is 5.67. The van der Waals surface area contributed by atoms with Gasteiger partial charge in [0.2, 0.25) is 0 Å². The van der Waals surface area contributed by atoms with Crippen molar-refractivity contribution in [2.75, 3.05) is 0 Å². The Kier molecular flexibility index (Phi) is 5.12. The maximum absolute atomic E-state index is 13.1. The first-order valence-corrected chi connectivity index (χ1v) is 10.5. The number of nitrogens with zero attached hydrogens (tertiary/aromatic N) is 4. The largest absolute Gasteiger partial charge is 0.355 e. The first-order valence-electron chi connectivity index (χ1n) is 9.64. The van der Waals surface area contributed by atoms with Crippen molar-refractivity contribution in [3.63, 3.8) is 0 Å². The fourth-order valence-corrected chi connectivity index (χ4v) is 4.63. The van der Waals surface area contributed by atoms with Crippen LogP contribution in [0, 0.1) is 13.8 Å². The first-order chi connectivity index (χ1) is 13.9. The van der Waals surface area contributed by atoms with Crippen LogP contribution < -0.4 is 0 Å². The van der Waals surface area contributed by atoms with E-state index in [1.807, 2.05) is 32.9 Å². The number of nitrogens with one attached hydrogen (secondary N) is 1. The Balaban J connectivity index is 1.62. The van der Waals surface area contributed by atoms with Crippen molar-refractivity contribution in [3.8, 4) is 11.4 Å². The van der Waals surface area contributed by atoms with Crippen LogP contribution in [-0.2, 0) is 0 Å². The van der Waals surface area contributed by atoms with Crippen LogP contribution in [0.2, 0.25) is 0 Å². The number of carbonyl (C=O) groups excluding carboxylic acids is 2. The minimum absolute atomic E-state index is 0.0369. The van der Waals surface area contributed by atoms with Crippen LogP contribution in [0.1, 0.15) is 64.8 Å². The molecule has 8 heteroatoms. The number of hydrogen-bond acceptors (Lipinski definition) is 6. The van der Waals surface area contributed by atoms with Crippen LogP contribution in [0.3, 0.4) is 0 Å². The second-order valence-corrected chi connectivity index (χ2v) is 8.76. The van der Waals surface area contributed by atoms with Gasteiger partial charge in [0.15, 0.2) is 22.5 Å². The number of aryl methyl sites for hydroxylation is 1. The lowest BCUT2D eigenvalue weighted by molar-refractivity contribution is 0.0988. The van der Waals surface area contributed by atoms with Crippen LogP contribution in [0.5, 0.6) is 0 Å². The molecule has 1 aliphatic rings. The monoisotopic (exact) mass is 409 g/mol. The lowest BCUT2D eigenvalue weighted by atomic mass is 10.0. The molecule has 1 aliphatic carbocycles. The number of aromatic nitrogens is 5. The van der Waals surface area contributed by atoms with E-state index in [2.05, 4.69) is 24.7 Å². The molecule has 3 aromatic rings. The van der Waals surface area contributed by atoms with Crippen molar-refractivity contribution in [2.24, 2.45) is 0 Å². The smallest absolute Gasteiger partial charge is 0.192 e. The number of carbonyl (C=O) groups is 2. The molecule has 0 amide bonds. The molecule has 4 rings (SSSR count). The topological polar surface area (TPSA) is 93.5 Å². The van der Waals surface area contributed by atoms with Gasteiger partial charge in [-0.1, -0.05) is 11.8 Å². The van der Waals surface area contributed by atoms with Crippen LogP contribution in [-0.4, -0.2) is 41.5 Å². The molecular formula is C21H23N5O2S. The molecule has 29 heavy (non-hydrogen) atoms. The van der Waals surface area contributed by atoms with Crippen molar-refractivity contribution in [2.45, 2.75) is 57.0 Å². The average molecular weight is 410 g/mol. The van der Waals surface area contributed by atoms with Gasteiger partial charge < -0.3 is 4.98 Å². The summed E-state index contributed by atoms with van der Waals surface area (Å²) in [6, 6.07) is 4.21. The standard InChI is InChI=1S/C21H23N5O2S/c1-11-17(13(3)27)12(2)23-18(11)19(28)14(4)29-21-25-24-20(26(21)16-7-8-16)15-6-5-9-22-10-15/h5-6,9-10,14,16,23H,7-8H2,1-4H3/t14-/m0/s1. The average Bonchev–Trinajstić information content (AvgIpc) is 3.38. The van der Waals surface area contributed by atoms with Crippen LogP contribution in [0.15, 0.2) is 29.7 Å². The number of hydrogen-bond donors (Lipinski definition) is 1. The molecule has 0 saturated heterocycles. The molecule has 1 N–H and O–H groups in total. The third-order valence-electron chi connectivity index (χ3n) is 5.18. The van der Waals surface area contributed by atoms with Crippen molar-refractivity contribution >= 4 is 23.3 Å². The van der Waals surface area contributed by atoms with Gasteiger partial charge in [-0.05, 0) is 58.2 Å². The molecule has 3 heterocycles. The second kappa shape index (κ2) is 7.59. The Bertz CT molecular complexity index is 1080. The molecule has 7 nitrogen and oxygen atoms in total. The lowest BCUT2D eigenvalue weighted by Gasteiger charge is -2.12. The van der Waals surface area contributed by atoms with E-state index >= 15 is 0 Å².